The number of nitrogen functional groups attached to an aromatic ring is 1. The van der Waals surface area contributed by atoms with Crippen LogP contribution in [-0.4, -0.2) is 28.0 Å². The second-order valence-electron chi connectivity index (χ2n) is 5.82. The fraction of sp³-hybridized carbons (Fsp3) is 0.111. The first kappa shape index (κ1) is 21.1. The molecule has 0 atom stereocenters. The van der Waals surface area contributed by atoms with Gasteiger partial charge in [0, 0.05) is 6.20 Å². The molecule has 0 saturated heterocycles. The molecule has 0 saturated carbocycles. The molecule has 0 fully saturated rings. The number of methoxy groups -OCH3 is 1. The first-order chi connectivity index (χ1) is 14.2. The molecule has 0 aliphatic carbocycles. The van der Waals surface area contributed by atoms with Gasteiger partial charge in [-0.05, 0) is 18.2 Å². The van der Waals surface area contributed by atoms with Crippen molar-refractivity contribution >= 4 is 46.4 Å². The Bertz CT molecular complexity index is 1090. The summed E-state index contributed by atoms with van der Waals surface area (Å²) in [6.07, 6.45) is -2.77. The number of hydrogen-bond acceptors (Lipinski definition) is 8. The lowest BCUT2D eigenvalue weighted by molar-refractivity contribution is -0.137. The van der Waals surface area contributed by atoms with Gasteiger partial charge in [-0.1, -0.05) is 23.7 Å². The average Bonchev–Trinajstić information content (AvgIpc) is 2.71. The van der Waals surface area contributed by atoms with Gasteiger partial charge in [-0.25, -0.2) is 19.7 Å². The maximum atomic E-state index is 12.8. The summed E-state index contributed by atoms with van der Waals surface area (Å²) in [5.74, 6) is -0.440. The van der Waals surface area contributed by atoms with Crippen LogP contribution in [0.3, 0.4) is 0 Å². The summed E-state index contributed by atoms with van der Waals surface area (Å²) in [5, 5.41) is 5.31. The van der Waals surface area contributed by atoms with Gasteiger partial charge in [0.25, 0.3) is 0 Å². The van der Waals surface area contributed by atoms with Gasteiger partial charge in [0.1, 0.15) is 17.8 Å². The van der Waals surface area contributed by atoms with Crippen LogP contribution < -0.4 is 16.4 Å². The van der Waals surface area contributed by atoms with Crippen molar-refractivity contribution in [2.24, 2.45) is 0 Å². The molecule has 0 bridgehead atoms. The molecule has 0 unspecified atom stereocenters. The minimum absolute atomic E-state index is 0.0231. The zero-order valence-corrected chi connectivity index (χ0v) is 16.0. The van der Waals surface area contributed by atoms with Crippen LogP contribution >= 0.6 is 11.6 Å². The monoisotopic (exact) mass is 438 g/mol. The highest BCUT2D eigenvalue weighted by Crippen LogP contribution is 2.34. The predicted molar refractivity (Wildman–Crippen MR) is 105 cm³/mol. The van der Waals surface area contributed by atoms with Crippen LogP contribution in [-0.2, 0) is 10.9 Å². The minimum Gasteiger partial charge on any atom is -0.465 e. The maximum absolute atomic E-state index is 12.8. The lowest BCUT2D eigenvalue weighted by atomic mass is 10.2. The second kappa shape index (κ2) is 8.41. The Balaban J connectivity index is 1.89. The summed E-state index contributed by atoms with van der Waals surface area (Å²) in [6.45, 7) is 0. The van der Waals surface area contributed by atoms with E-state index in [9.17, 15) is 18.0 Å². The normalized spacial score (nSPS) is 11.1. The number of rotatable bonds is 5. The van der Waals surface area contributed by atoms with Crippen LogP contribution in [0.4, 0.5) is 42.0 Å². The molecule has 0 aliphatic heterocycles. The van der Waals surface area contributed by atoms with Crippen LogP contribution in [0.15, 0.2) is 42.9 Å². The number of halogens is 4. The van der Waals surface area contributed by atoms with Crippen molar-refractivity contribution in [2.45, 2.75) is 6.18 Å². The zero-order valence-electron chi connectivity index (χ0n) is 15.3. The van der Waals surface area contributed by atoms with Gasteiger partial charge in [-0.3, -0.25) is 0 Å². The van der Waals surface area contributed by atoms with E-state index >= 15 is 0 Å². The molecule has 2 heterocycles. The van der Waals surface area contributed by atoms with Crippen molar-refractivity contribution in [3.8, 4) is 0 Å². The molecule has 0 aliphatic rings. The topological polar surface area (TPSA) is 115 Å². The van der Waals surface area contributed by atoms with Crippen LogP contribution in [0.2, 0.25) is 5.02 Å². The number of carbonyl (C=O) groups excluding carboxylic acids is 1. The second-order valence-corrected chi connectivity index (χ2v) is 6.23. The molecule has 1 aromatic carbocycles. The van der Waals surface area contributed by atoms with Crippen molar-refractivity contribution in [3.63, 3.8) is 0 Å². The summed E-state index contributed by atoms with van der Waals surface area (Å²) in [4.78, 5) is 23.6. The molecule has 8 nitrogen and oxygen atoms in total. The van der Waals surface area contributed by atoms with Gasteiger partial charge >= 0.3 is 12.1 Å². The Labute approximate surface area is 173 Å². The quantitative estimate of drug-likeness (QED) is 0.502. The first-order valence-corrected chi connectivity index (χ1v) is 8.63. The largest absolute Gasteiger partial charge is 0.465 e. The number of aromatic nitrogens is 3. The third-order valence-corrected chi connectivity index (χ3v) is 4.16. The molecule has 2 aromatic heterocycles. The standard InChI is InChI=1S/C18H14ClF3N6O2/c1-30-17(29)10-4-2-3-5-12(10)27-15-13(23)16(26-8-25-15)28-14-11(19)6-9(7-24-14)18(20,21)22/h2-8H,23H2,1H3,(H2,24,25,26,27,28). The molecule has 30 heavy (non-hydrogen) atoms. The first-order valence-electron chi connectivity index (χ1n) is 8.25. The number of alkyl halides is 3. The number of nitrogens with two attached hydrogens (primary N) is 1. The predicted octanol–water partition coefficient (Wildman–Crippen LogP) is 4.40. The number of benzene rings is 1. The minimum atomic E-state index is -4.58. The number of para-hydroxylation sites is 1. The van der Waals surface area contributed by atoms with Crippen LogP contribution in [0.5, 0.6) is 0 Å². The number of ether oxygens (including phenoxy) is 1. The molecular weight excluding hydrogens is 425 g/mol. The number of nitrogens with zero attached hydrogens (tertiary/aromatic N) is 3. The highest BCUT2D eigenvalue weighted by molar-refractivity contribution is 6.33. The molecule has 156 valence electrons. The molecular formula is C18H14ClF3N6O2. The Kier molecular flexibility index (Phi) is 5.92. The molecule has 0 spiro atoms. The molecule has 3 rings (SSSR count). The number of nitrogens with one attached hydrogen (secondary N) is 2. The van der Waals surface area contributed by atoms with E-state index in [-0.39, 0.29) is 33.7 Å². The summed E-state index contributed by atoms with van der Waals surface area (Å²) in [6, 6.07) is 7.26. The van der Waals surface area contributed by atoms with Crippen molar-refractivity contribution in [1.82, 2.24) is 15.0 Å². The average molecular weight is 439 g/mol. The third kappa shape index (κ3) is 4.51. The number of hydrogen-bond donors (Lipinski definition) is 3. The lowest BCUT2D eigenvalue weighted by Crippen LogP contribution is -2.10. The maximum Gasteiger partial charge on any atom is 0.417 e. The summed E-state index contributed by atoms with van der Waals surface area (Å²) in [7, 11) is 1.25. The van der Waals surface area contributed by atoms with E-state index in [1.807, 2.05) is 0 Å². The molecule has 0 amide bonds. The van der Waals surface area contributed by atoms with E-state index in [0.29, 0.717) is 11.9 Å². The summed E-state index contributed by atoms with van der Waals surface area (Å²) in [5.41, 5.74) is 5.73. The van der Waals surface area contributed by atoms with E-state index in [4.69, 9.17) is 22.1 Å². The molecule has 3 aromatic rings. The molecule has 12 heteroatoms. The SMILES string of the molecule is COC(=O)c1ccccc1Nc1ncnc(Nc2ncc(C(F)(F)F)cc2Cl)c1N. The zero-order chi connectivity index (χ0) is 21.9. The van der Waals surface area contributed by atoms with Gasteiger partial charge in [0.2, 0.25) is 0 Å². The van der Waals surface area contributed by atoms with Gasteiger partial charge in [-0.15, -0.1) is 0 Å². The van der Waals surface area contributed by atoms with Crippen LogP contribution in [0.25, 0.3) is 0 Å². The molecule has 4 N–H and O–H groups in total. The Morgan fingerprint density at radius 1 is 1.10 bits per heavy atom. The lowest BCUT2D eigenvalue weighted by Gasteiger charge is -2.15. The smallest absolute Gasteiger partial charge is 0.417 e. The van der Waals surface area contributed by atoms with Crippen LogP contribution in [0, 0.1) is 0 Å². The number of anilines is 5. The highest BCUT2D eigenvalue weighted by atomic mass is 35.5. The van der Waals surface area contributed by atoms with Gasteiger partial charge in [-0.2, -0.15) is 13.2 Å². The summed E-state index contributed by atoms with van der Waals surface area (Å²) >= 11 is 5.90. The van der Waals surface area contributed by atoms with E-state index in [2.05, 4.69) is 25.6 Å². The summed E-state index contributed by atoms with van der Waals surface area (Å²) < 4.78 is 43.0. The highest BCUT2D eigenvalue weighted by Gasteiger charge is 2.31. The van der Waals surface area contributed by atoms with E-state index < -0.39 is 17.7 Å². The van der Waals surface area contributed by atoms with E-state index in [0.717, 1.165) is 6.07 Å². The fourth-order valence-electron chi connectivity index (χ4n) is 2.40. The fourth-order valence-corrected chi connectivity index (χ4v) is 2.61. The van der Waals surface area contributed by atoms with E-state index in [1.54, 1.807) is 24.3 Å². The third-order valence-electron chi connectivity index (χ3n) is 3.87. The van der Waals surface area contributed by atoms with Gasteiger partial charge < -0.3 is 21.1 Å². The number of carbonyl (C=O) groups is 1. The van der Waals surface area contributed by atoms with Crippen LogP contribution in [0.1, 0.15) is 15.9 Å². The van der Waals surface area contributed by atoms with Gasteiger partial charge in [0.05, 0.1) is 28.9 Å². The Morgan fingerprint density at radius 3 is 2.40 bits per heavy atom. The van der Waals surface area contributed by atoms with Crippen molar-refractivity contribution in [1.29, 1.82) is 0 Å². The van der Waals surface area contributed by atoms with E-state index in [1.165, 1.54) is 13.4 Å². The van der Waals surface area contributed by atoms with Crippen molar-refractivity contribution in [3.05, 3.63) is 59.0 Å². The Morgan fingerprint density at radius 2 is 1.77 bits per heavy atom. The van der Waals surface area contributed by atoms with Gasteiger partial charge in [0.15, 0.2) is 11.6 Å². The van der Waals surface area contributed by atoms with Crippen molar-refractivity contribution in [2.75, 3.05) is 23.5 Å². The van der Waals surface area contributed by atoms with Crippen molar-refractivity contribution < 1.29 is 22.7 Å². The number of esters is 1. The number of pyridine rings is 1. The Hall–Kier alpha value is -3.60. The molecule has 0 radical (unpaired) electrons.